The summed E-state index contributed by atoms with van der Waals surface area (Å²) in [5.41, 5.74) is 0.493. The highest BCUT2D eigenvalue weighted by molar-refractivity contribution is 7.17. The normalized spacial score (nSPS) is 27.3. The number of urea groups is 1. The lowest BCUT2D eigenvalue weighted by atomic mass is 9.77. The first-order valence-corrected chi connectivity index (χ1v) is 12.3. The van der Waals surface area contributed by atoms with Crippen molar-refractivity contribution in [3.8, 4) is 0 Å². The van der Waals surface area contributed by atoms with Gasteiger partial charge in [0.05, 0.1) is 12.2 Å². The zero-order valence-corrected chi connectivity index (χ0v) is 19.7. The Balaban J connectivity index is 1.50. The van der Waals surface area contributed by atoms with Crippen molar-refractivity contribution in [2.45, 2.75) is 71.3 Å². The van der Waals surface area contributed by atoms with Crippen LogP contribution in [-0.2, 0) is 27.2 Å². The largest absolute Gasteiger partial charge is 0.462 e. The molecule has 2 fully saturated rings. The van der Waals surface area contributed by atoms with Crippen molar-refractivity contribution in [2.75, 3.05) is 18.5 Å². The van der Waals surface area contributed by atoms with Gasteiger partial charge in [0.2, 0.25) is 5.91 Å². The molecular weight excluding hydrogens is 430 g/mol. The Labute approximate surface area is 192 Å². The average molecular weight is 462 g/mol. The van der Waals surface area contributed by atoms with Gasteiger partial charge in [-0.05, 0) is 69.3 Å². The van der Waals surface area contributed by atoms with Crippen LogP contribution in [0.1, 0.15) is 73.7 Å². The summed E-state index contributed by atoms with van der Waals surface area (Å²) in [7, 11) is 0. The van der Waals surface area contributed by atoms with Crippen LogP contribution >= 0.6 is 11.3 Å². The number of imide groups is 1. The molecule has 1 saturated carbocycles. The van der Waals surface area contributed by atoms with Crippen LogP contribution in [0.25, 0.3) is 0 Å². The predicted molar refractivity (Wildman–Crippen MR) is 121 cm³/mol. The molecule has 0 radical (unpaired) electrons. The van der Waals surface area contributed by atoms with Crippen LogP contribution in [0.2, 0.25) is 0 Å². The van der Waals surface area contributed by atoms with Crippen LogP contribution in [0, 0.1) is 11.8 Å². The highest BCUT2D eigenvalue weighted by Crippen LogP contribution is 2.40. The summed E-state index contributed by atoms with van der Waals surface area (Å²) in [6.45, 7) is 5.93. The number of ether oxygens (including phenoxy) is 1. The molecule has 2 heterocycles. The Hall–Kier alpha value is -2.42. The van der Waals surface area contributed by atoms with Crippen LogP contribution in [0.4, 0.5) is 9.80 Å². The van der Waals surface area contributed by atoms with Gasteiger partial charge < -0.3 is 15.4 Å². The van der Waals surface area contributed by atoms with E-state index in [2.05, 4.69) is 24.5 Å². The van der Waals surface area contributed by atoms with Gasteiger partial charge in [-0.3, -0.25) is 14.5 Å². The van der Waals surface area contributed by atoms with Crippen molar-refractivity contribution in [3.63, 3.8) is 0 Å². The number of nitrogens with zero attached hydrogens (tertiary/aromatic N) is 1. The lowest BCUT2D eigenvalue weighted by Crippen LogP contribution is -2.49. The van der Waals surface area contributed by atoms with E-state index in [1.54, 1.807) is 6.92 Å². The minimum Gasteiger partial charge on any atom is -0.462 e. The van der Waals surface area contributed by atoms with E-state index in [1.807, 2.05) is 0 Å². The van der Waals surface area contributed by atoms with Crippen LogP contribution in [0.5, 0.6) is 0 Å². The monoisotopic (exact) mass is 461 g/mol. The van der Waals surface area contributed by atoms with Gasteiger partial charge in [0.1, 0.15) is 17.1 Å². The fraction of sp³-hybridized carbons (Fsp3) is 0.652. The minimum absolute atomic E-state index is 0.246. The fourth-order valence-electron chi connectivity index (χ4n) is 4.98. The fourth-order valence-corrected chi connectivity index (χ4v) is 6.40. The van der Waals surface area contributed by atoms with Crippen molar-refractivity contribution in [3.05, 3.63) is 16.0 Å². The van der Waals surface area contributed by atoms with Crippen molar-refractivity contribution >= 4 is 40.2 Å². The molecule has 0 aromatic carbocycles. The van der Waals surface area contributed by atoms with Crippen LogP contribution in [-0.4, -0.2) is 47.4 Å². The van der Waals surface area contributed by atoms with Gasteiger partial charge in [0.15, 0.2) is 0 Å². The SMILES string of the molecule is CCOC(=O)c1c(NC(=O)CN2C(=O)NC3(CCC(C)CC3)C2=O)sc2c1CCC(C)C2. The molecule has 4 rings (SSSR count). The number of hydrogen-bond donors (Lipinski definition) is 2. The van der Waals surface area contributed by atoms with Gasteiger partial charge in [0.25, 0.3) is 5.91 Å². The van der Waals surface area contributed by atoms with Crippen LogP contribution in [0.3, 0.4) is 0 Å². The molecule has 1 aromatic heterocycles. The minimum atomic E-state index is -0.877. The number of anilines is 1. The topological polar surface area (TPSA) is 105 Å². The van der Waals surface area contributed by atoms with Crippen molar-refractivity contribution in [2.24, 2.45) is 11.8 Å². The molecule has 1 aromatic rings. The maximum absolute atomic E-state index is 13.0. The number of esters is 1. The summed E-state index contributed by atoms with van der Waals surface area (Å²) >= 11 is 1.39. The molecule has 1 atom stereocenters. The molecule has 32 heavy (non-hydrogen) atoms. The molecular formula is C23H31N3O5S. The zero-order valence-electron chi connectivity index (χ0n) is 18.9. The quantitative estimate of drug-likeness (QED) is 0.516. The predicted octanol–water partition coefficient (Wildman–Crippen LogP) is 3.49. The number of hydrogen-bond acceptors (Lipinski definition) is 6. The molecule has 1 aliphatic heterocycles. The Bertz CT molecular complexity index is 948. The third kappa shape index (κ3) is 4.14. The maximum Gasteiger partial charge on any atom is 0.341 e. The van der Waals surface area contributed by atoms with E-state index in [1.165, 1.54) is 11.3 Å². The standard InChI is InChI=1S/C23H31N3O5S/c1-4-31-20(28)18-15-6-5-14(3)11-16(15)32-19(18)24-17(27)12-26-21(29)23(25-22(26)30)9-7-13(2)8-10-23/h13-14H,4-12H2,1-3H3,(H,24,27)(H,25,30). The summed E-state index contributed by atoms with van der Waals surface area (Å²) in [5, 5.41) is 6.07. The number of rotatable bonds is 5. The van der Waals surface area contributed by atoms with Crippen molar-refractivity contribution in [1.82, 2.24) is 10.2 Å². The van der Waals surface area contributed by atoms with E-state index < -0.39 is 23.4 Å². The molecule has 0 bridgehead atoms. The maximum atomic E-state index is 13.0. The molecule has 1 spiro atoms. The number of fused-ring (bicyclic) bond motifs is 1. The van der Waals surface area contributed by atoms with Gasteiger partial charge >= 0.3 is 12.0 Å². The first kappa shape index (κ1) is 22.8. The number of thiophene rings is 1. The van der Waals surface area contributed by atoms with Gasteiger partial charge in [-0.1, -0.05) is 13.8 Å². The smallest absolute Gasteiger partial charge is 0.341 e. The molecule has 1 saturated heterocycles. The lowest BCUT2D eigenvalue weighted by Gasteiger charge is -2.33. The Kier molecular flexibility index (Phi) is 6.29. The second kappa shape index (κ2) is 8.84. The second-order valence-electron chi connectivity index (χ2n) is 9.41. The van der Waals surface area contributed by atoms with Gasteiger partial charge in [-0.25, -0.2) is 9.59 Å². The van der Waals surface area contributed by atoms with Gasteiger partial charge in [-0.2, -0.15) is 0 Å². The summed E-state index contributed by atoms with van der Waals surface area (Å²) in [6, 6.07) is -0.524. The second-order valence-corrected chi connectivity index (χ2v) is 10.5. The molecule has 3 aliphatic rings. The van der Waals surface area contributed by atoms with Crippen LogP contribution in [0.15, 0.2) is 0 Å². The first-order chi connectivity index (χ1) is 15.2. The zero-order chi connectivity index (χ0) is 23.0. The van der Waals surface area contributed by atoms with Crippen molar-refractivity contribution in [1.29, 1.82) is 0 Å². The molecule has 9 heteroatoms. The molecule has 174 valence electrons. The summed E-state index contributed by atoms with van der Waals surface area (Å²) in [4.78, 5) is 53.2. The Morgan fingerprint density at radius 2 is 1.91 bits per heavy atom. The molecule has 2 N–H and O–H groups in total. The number of carbonyl (C=O) groups excluding carboxylic acids is 4. The molecule has 4 amide bonds. The number of carbonyl (C=O) groups is 4. The highest BCUT2D eigenvalue weighted by Gasteiger charge is 2.52. The summed E-state index contributed by atoms with van der Waals surface area (Å²) in [5.74, 6) is -0.224. The third-order valence-corrected chi connectivity index (χ3v) is 8.09. The summed E-state index contributed by atoms with van der Waals surface area (Å²) in [6.07, 6.45) is 5.54. The van der Waals surface area contributed by atoms with E-state index in [-0.39, 0.29) is 19.1 Å². The first-order valence-electron chi connectivity index (χ1n) is 11.5. The molecule has 1 unspecified atom stereocenters. The molecule has 8 nitrogen and oxygen atoms in total. The Morgan fingerprint density at radius 3 is 2.59 bits per heavy atom. The lowest BCUT2D eigenvalue weighted by molar-refractivity contribution is -0.135. The van der Waals surface area contributed by atoms with E-state index in [0.717, 1.165) is 47.4 Å². The summed E-state index contributed by atoms with van der Waals surface area (Å²) < 4.78 is 5.24. The van der Waals surface area contributed by atoms with E-state index in [4.69, 9.17) is 4.74 Å². The Morgan fingerprint density at radius 1 is 1.19 bits per heavy atom. The van der Waals surface area contributed by atoms with E-state index in [9.17, 15) is 19.2 Å². The number of nitrogens with one attached hydrogen (secondary N) is 2. The van der Waals surface area contributed by atoms with E-state index >= 15 is 0 Å². The van der Waals surface area contributed by atoms with Crippen molar-refractivity contribution < 1.29 is 23.9 Å². The highest BCUT2D eigenvalue weighted by atomic mass is 32.1. The average Bonchev–Trinajstić information content (AvgIpc) is 3.20. The number of amides is 4. The third-order valence-electron chi connectivity index (χ3n) is 6.92. The van der Waals surface area contributed by atoms with Crippen LogP contribution < -0.4 is 10.6 Å². The van der Waals surface area contributed by atoms with E-state index in [0.29, 0.717) is 35.2 Å². The molecule has 2 aliphatic carbocycles. The van der Waals surface area contributed by atoms with Gasteiger partial charge in [-0.15, -0.1) is 11.3 Å². The van der Waals surface area contributed by atoms with Gasteiger partial charge in [0, 0.05) is 4.88 Å².